The molecule has 164 valence electrons. The quantitative estimate of drug-likeness (QED) is 0.643. The third-order valence-corrected chi connectivity index (χ3v) is 6.21. The summed E-state index contributed by atoms with van der Waals surface area (Å²) in [6, 6.07) is 12.7. The molecule has 1 N–H and O–H groups in total. The Labute approximate surface area is 184 Å². The van der Waals surface area contributed by atoms with Crippen LogP contribution in [0.1, 0.15) is 42.0 Å². The van der Waals surface area contributed by atoms with Crippen molar-refractivity contribution in [2.75, 3.05) is 26.7 Å². The number of carboxylic acid groups (broad SMARTS) is 1. The number of carbonyl (C=O) groups is 1. The first-order chi connectivity index (χ1) is 15.1. The number of aryl methyl sites for hydroxylation is 2. The minimum Gasteiger partial charge on any atom is -0.496 e. The van der Waals surface area contributed by atoms with Gasteiger partial charge in [0.15, 0.2) is 0 Å². The monoisotopic (exact) mass is 421 g/mol. The lowest BCUT2D eigenvalue weighted by Crippen LogP contribution is -2.50. The summed E-state index contributed by atoms with van der Waals surface area (Å²) < 4.78 is 11.7. The van der Waals surface area contributed by atoms with Gasteiger partial charge in [-0.2, -0.15) is 0 Å². The molecule has 0 saturated carbocycles. The van der Waals surface area contributed by atoms with E-state index in [1.54, 1.807) is 7.11 Å². The SMILES string of the molecule is CCCc1ccc(COc2ccc3c(c2)CCC(CN2CC(C(=O)O)C2)=C3)c(OC)c1. The molecule has 0 bridgehead atoms. The minimum atomic E-state index is -0.679. The maximum atomic E-state index is 11.0. The van der Waals surface area contributed by atoms with E-state index >= 15 is 0 Å². The molecule has 2 aromatic rings. The van der Waals surface area contributed by atoms with E-state index in [9.17, 15) is 4.79 Å². The average Bonchev–Trinajstić information content (AvgIpc) is 2.74. The van der Waals surface area contributed by atoms with E-state index in [1.165, 1.54) is 22.3 Å². The fourth-order valence-electron chi connectivity index (χ4n) is 4.40. The highest BCUT2D eigenvalue weighted by atomic mass is 16.5. The second-order valence-electron chi connectivity index (χ2n) is 8.58. The van der Waals surface area contributed by atoms with Crippen molar-refractivity contribution in [2.45, 2.75) is 39.2 Å². The van der Waals surface area contributed by atoms with Crippen molar-refractivity contribution >= 4 is 12.0 Å². The third kappa shape index (κ3) is 5.10. The Hall–Kier alpha value is -2.79. The minimum absolute atomic E-state index is 0.197. The van der Waals surface area contributed by atoms with Crippen LogP contribution in [-0.4, -0.2) is 42.7 Å². The van der Waals surface area contributed by atoms with Crippen molar-refractivity contribution in [3.63, 3.8) is 0 Å². The molecule has 1 aliphatic carbocycles. The van der Waals surface area contributed by atoms with Gasteiger partial charge in [-0.15, -0.1) is 0 Å². The van der Waals surface area contributed by atoms with Gasteiger partial charge in [-0.3, -0.25) is 9.69 Å². The smallest absolute Gasteiger partial charge is 0.309 e. The van der Waals surface area contributed by atoms with E-state index < -0.39 is 5.97 Å². The largest absolute Gasteiger partial charge is 0.496 e. The topological polar surface area (TPSA) is 59.0 Å². The van der Waals surface area contributed by atoms with Crippen molar-refractivity contribution in [1.82, 2.24) is 4.90 Å². The highest BCUT2D eigenvalue weighted by molar-refractivity contribution is 5.71. The molecule has 1 aliphatic heterocycles. The number of aliphatic carboxylic acids is 1. The van der Waals surface area contributed by atoms with Crippen LogP contribution in [0.15, 0.2) is 42.0 Å². The van der Waals surface area contributed by atoms with Crippen LogP contribution in [0.5, 0.6) is 11.5 Å². The molecule has 1 saturated heterocycles. The van der Waals surface area contributed by atoms with Crippen LogP contribution < -0.4 is 9.47 Å². The second-order valence-corrected chi connectivity index (χ2v) is 8.58. The molecular formula is C26H31NO4. The van der Waals surface area contributed by atoms with Crippen LogP contribution in [0.25, 0.3) is 6.08 Å². The Morgan fingerprint density at radius 1 is 1.16 bits per heavy atom. The van der Waals surface area contributed by atoms with E-state index in [2.05, 4.69) is 48.2 Å². The molecule has 0 unspecified atom stereocenters. The zero-order valence-electron chi connectivity index (χ0n) is 18.4. The number of hydrogen-bond donors (Lipinski definition) is 1. The normalized spacial score (nSPS) is 16.3. The second kappa shape index (κ2) is 9.56. The summed E-state index contributed by atoms with van der Waals surface area (Å²) in [6.45, 7) is 4.85. The van der Waals surface area contributed by atoms with Crippen LogP contribution in [0.4, 0.5) is 0 Å². The summed E-state index contributed by atoms with van der Waals surface area (Å²) in [6.07, 6.45) is 6.42. The van der Waals surface area contributed by atoms with Gasteiger partial charge in [-0.05, 0) is 54.2 Å². The number of hydrogen-bond acceptors (Lipinski definition) is 4. The third-order valence-electron chi connectivity index (χ3n) is 6.21. The molecule has 0 aromatic heterocycles. The van der Waals surface area contributed by atoms with Gasteiger partial charge < -0.3 is 14.6 Å². The maximum Gasteiger partial charge on any atom is 0.309 e. The molecule has 1 fully saturated rings. The molecule has 4 rings (SSSR count). The summed E-state index contributed by atoms with van der Waals surface area (Å²) in [5, 5.41) is 9.03. The number of ether oxygens (including phenoxy) is 2. The molecule has 5 nitrogen and oxygen atoms in total. The van der Waals surface area contributed by atoms with Gasteiger partial charge in [0.25, 0.3) is 0 Å². The lowest BCUT2D eigenvalue weighted by Gasteiger charge is -2.37. The number of benzene rings is 2. The molecule has 5 heteroatoms. The predicted molar refractivity (Wildman–Crippen MR) is 122 cm³/mol. The Kier molecular flexibility index (Phi) is 6.62. The Morgan fingerprint density at radius 3 is 2.74 bits per heavy atom. The Balaban J connectivity index is 1.36. The molecule has 0 atom stereocenters. The lowest BCUT2D eigenvalue weighted by atomic mass is 9.90. The van der Waals surface area contributed by atoms with Gasteiger partial charge in [0, 0.05) is 25.2 Å². The summed E-state index contributed by atoms with van der Waals surface area (Å²) in [5.41, 5.74) is 6.26. The summed E-state index contributed by atoms with van der Waals surface area (Å²) in [4.78, 5) is 13.2. The maximum absolute atomic E-state index is 11.0. The number of nitrogens with zero attached hydrogens (tertiary/aromatic N) is 1. The van der Waals surface area contributed by atoms with Crippen LogP contribution >= 0.6 is 0 Å². The summed E-state index contributed by atoms with van der Waals surface area (Å²) >= 11 is 0. The number of carboxylic acids is 1. The predicted octanol–water partition coefficient (Wildman–Crippen LogP) is 4.57. The first-order valence-electron chi connectivity index (χ1n) is 11.1. The molecule has 0 spiro atoms. The molecule has 2 aromatic carbocycles. The standard InChI is InChI=1S/C26H31NO4/c1-3-4-18-5-8-22(25(12-18)30-2)17-31-24-10-9-20-11-19(6-7-21(20)13-24)14-27-15-23(16-27)26(28)29/h5,8-13,23H,3-4,6-7,14-17H2,1-2H3,(H,28,29). The molecule has 0 radical (unpaired) electrons. The zero-order chi connectivity index (χ0) is 21.8. The zero-order valence-corrected chi connectivity index (χ0v) is 18.4. The fourth-order valence-corrected chi connectivity index (χ4v) is 4.40. The molecule has 2 aliphatic rings. The van der Waals surface area contributed by atoms with E-state index in [0.29, 0.717) is 19.7 Å². The van der Waals surface area contributed by atoms with E-state index in [0.717, 1.165) is 49.3 Å². The lowest BCUT2D eigenvalue weighted by molar-refractivity contribution is -0.147. The van der Waals surface area contributed by atoms with Crippen molar-refractivity contribution in [3.05, 3.63) is 64.2 Å². The number of likely N-dealkylation sites (tertiary alicyclic amines) is 1. The van der Waals surface area contributed by atoms with Crippen LogP contribution in [0.2, 0.25) is 0 Å². The van der Waals surface area contributed by atoms with E-state index in [4.69, 9.17) is 14.6 Å². The summed E-state index contributed by atoms with van der Waals surface area (Å²) in [5.74, 6) is 0.883. The molecule has 31 heavy (non-hydrogen) atoms. The summed E-state index contributed by atoms with van der Waals surface area (Å²) in [7, 11) is 1.71. The first-order valence-corrected chi connectivity index (χ1v) is 11.1. The van der Waals surface area contributed by atoms with Crippen LogP contribution in [0, 0.1) is 5.92 Å². The van der Waals surface area contributed by atoms with Gasteiger partial charge in [0.1, 0.15) is 18.1 Å². The molecule has 1 heterocycles. The van der Waals surface area contributed by atoms with Crippen molar-refractivity contribution in [3.8, 4) is 11.5 Å². The van der Waals surface area contributed by atoms with Gasteiger partial charge >= 0.3 is 5.97 Å². The average molecular weight is 422 g/mol. The van der Waals surface area contributed by atoms with Crippen LogP contribution in [-0.2, 0) is 24.2 Å². The van der Waals surface area contributed by atoms with Crippen molar-refractivity contribution in [2.24, 2.45) is 5.92 Å². The molecule has 0 amide bonds. The van der Waals surface area contributed by atoms with Gasteiger partial charge in [-0.1, -0.05) is 43.2 Å². The van der Waals surface area contributed by atoms with Crippen LogP contribution in [0.3, 0.4) is 0 Å². The highest BCUT2D eigenvalue weighted by Gasteiger charge is 2.32. The van der Waals surface area contributed by atoms with Gasteiger partial charge in [0.2, 0.25) is 0 Å². The van der Waals surface area contributed by atoms with Gasteiger partial charge in [0.05, 0.1) is 13.0 Å². The van der Waals surface area contributed by atoms with Crippen molar-refractivity contribution in [1.29, 1.82) is 0 Å². The first kappa shape index (κ1) is 21.4. The Bertz CT molecular complexity index is 975. The number of methoxy groups -OCH3 is 1. The van der Waals surface area contributed by atoms with Crippen molar-refractivity contribution < 1.29 is 19.4 Å². The number of fused-ring (bicyclic) bond motifs is 1. The number of rotatable bonds is 9. The van der Waals surface area contributed by atoms with Gasteiger partial charge in [-0.25, -0.2) is 0 Å². The Morgan fingerprint density at radius 2 is 2.00 bits per heavy atom. The van der Waals surface area contributed by atoms with E-state index in [1.807, 2.05) is 6.07 Å². The highest BCUT2D eigenvalue weighted by Crippen LogP contribution is 2.30. The molecular weight excluding hydrogens is 390 g/mol. The van der Waals surface area contributed by atoms with E-state index in [-0.39, 0.29) is 5.92 Å². The fraction of sp³-hybridized carbons (Fsp3) is 0.423.